The zero-order valence-corrected chi connectivity index (χ0v) is 7.64. The van der Waals surface area contributed by atoms with E-state index in [2.05, 4.69) is 20.4 Å². The number of unbranched alkanes of at least 4 members (excludes halogenated alkanes) is 1. The minimum Gasteiger partial charge on any atom is -0.103 e. The highest BCUT2D eigenvalue weighted by Crippen LogP contribution is 2.85. The highest BCUT2D eigenvalue weighted by Gasteiger charge is 2.80. The van der Waals surface area contributed by atoms with Crippen molar-refractivity contribution in [2.45, 2.75) is 33.1 Å². The molecule has 0 spiro atoms. The Balaban J connectivity index is 1.76. The van der Waals surface area contributed by atoms with Gasteiger partial charge in [-0.15, -0.1) is 6.58 Å². The van der Waals surface area contributed by atoms with Crippen LogP contribution in [0, 0.1) is 23.2 Å². The molecule has 0 heteroatoms. The van der Waals surface area contributed by atoms with Crippen molar-refractivity contribution in [3.05, 3.63) is 12.7 Å². The van der Waals surface area contributed by atoms with Crippen LogP contribution < -0.4 is 0 Å². The number of rotatable bonds is 4. The van der Waals surface area contributed by atoms with Crippen molar-refractivity contribution >= 4 is 0 Å². The Morgan fingerprint density at radius 1 is 1.36 bits per heavy atom. The fourth-order valence-corrected chi connectivity index (χ4v) is 3.29. The zero-order valence-electron chi connectivity index (χ0n) is 7.64. The maximum Gasteiger partial charge on any atom is -0.0206 e. The van der Waals surface area contributed by atoms with Gasteiger partial charge in [-0.25, -0.2) is 0 Å². The SMILES string of the molecule is C=CCCCC12C(C)C1C2C. The summed E-state index contributed by atoms with van der Waals surface area (Å²) >= 11 is 0. The van der Waals surface area contributed by atoms with Crippen molar-refractivity contribution in [1.82, 2.24) is 0 Å². The van der Waals surface area contributed by atoms with Gasteiger partial charge in [-0.2, -0.15) is 0 Å². The second kappa shape index (κ2) is 2.12. The molecule has 2 unspecified atom stereocenters. The van der Waals surface area contributed by atoms with E-state index in [1.807, 2.05) is 6.08 Å². The predicted molar refractivity (Wildman–Crippen MR) is 48.3 cm³/mol. The zero-order chi connectivity index (χ0) is 8.06. The van der Waals surface area contributed by atoms with Gasteiger partial charge in [0.25, 0.3) is 0 Å². The monoisotopic (exact) mass is 150 g/mol. The van der Waals surface area contributed by atoms with Gasteiger partial charge in [-0.05, 0) is 42.4 Å². The van der Waals surface area contributed by atoms with Crippen molar-refractivity contribution < 1.29 is 0 Å². The summed E-state index contributed by atoms with van der Waals surface area (Å²) in [7, 11) is 0. The highest BCUT2D eigenvalue weighted by molar-refractivity contribution is 5.28. The first-order chi connectivity index (χ1) is 5.25. The molecule has 0 amide bonds. The van der Waals surface area contributed by atoms with Crippen LogP contribution in [-0.4, -0.2) is 0 Å². The molecule has 2 aliphatic carbocycles. The third-order valence-electron chi connectivity index (χ3n) is 4.19. The number of hydrogen-bond acceptors (Lipinski definition) is 0. The summed E-state index contributed by atoms with van der Waals surface area (Å²) in [6.07, 6.45) is 6.10. The number of fused-ring (bicyclic) bond motifs is 1. The first-order valence-electron chi connectivity index (χ1n) is 4.86. The van der Waals surface area contributed by atoms with E-state index in [1.54, 1.807) is 0 Å². The Kier molecular flexibility index (Phi) is 1.42. The van der Waals surface area contributed by atoms with Crippen LogP contribution in [0.4, 0.5) is 0 Å². The van der Waals surface area contributed by atoms with E-state index in [0.717, 1.165) is 23.2 Å². The maximum absolute atomic E-state index is 3.75. The Morgan fingerprint density at radius 2 is 2.00 bits per heavy atom. The molecule has 0 aromatic heterocycles. The van der Waals surface area contributed by atoms with Gasteiger partial charge in [0.1, 0.15) is 0 Å². The minimum absolute atomic E-state index is 0.836. The lowest BCUT2D eigenvalue weighted by molar-refractivity contribution is 0.388. The van der Waals surface area contributed by atoms with E-state index in [1.165, 1.54) is 19.3 Å². The standard InChI is InChI=1S/C11H18/c1-4-5-6-7-11-8(2)10(11)9(11)3/h4,8-10H,1,5-7H2,2-3H3. The van der Waals surface area contributed by atoms with Gasteiger partial charge in [-0.1, -0.05) is 19.9 Å². The van der Waals surface area contributed by atoms with Gasteiger partial charge in [0.2, 0.25) is 0 Å². The molecular weight excluding hydrogens is 132 g/mol. The minimum atomic E-state index is 0.836. The summed E-state index contributed by atoms with van der Waals surface area (Å²) in [4.78, 5) is 0. The fraction of sp³-hybridized carbons (Fsp3) is 0.818. The fourth-order valence-electron chi connectivity index (χ4n) is 3.29. The summed E-state index contributed by atoms with van der Waals surface area (Å²) in [6, 6.07) is 0. The Hall–Kier alpha value is -0.260. The summed E-state index contributed by atoms with van der Waals surface area (Å²) in [5.41, 5.74) is 0.836. The van der Waals surface area contributed by atoms with Gasteiger partial charge in [0.15, 0.2) is 0 Å². The third kappa shape index (κ3) is 0.758. The number of allylic oxidation sites excluding steroid dienone is 1. The molecule has 11 heavy (non-hydrogen) atoms. The molecule has 0 aliphatic heterocycles. The molecule has 0 radical (unpaired) electrons. The van der Waals surface area contributed by atoms with Crippen LogP contribution in [0.3, 0.4) is 0 Å². The van der Waals surface area contributed by atoms with Crippen LogP contribution in [0.2, 0.25) is 0 Å². The lowest BCUT2D eigenvalue weighted by Crippen LogP contribution is -2.03. The van der Waals surface area contributed by atoms with Crippen LogP contribution in [-0.2, 0) is 0 Å². The molecular formula is C11H18. The van der Waals surface area contributed by atoms with E-state index in [-0.39, 0.29) is 0 Å². The van der Waals surface area contributed by atoms with E-state index in [9.17, 15) is 0 Å². The van der Waals surface area contributed by atoms with Gasteiger partial charge in [-0.3, -0.25) is 0 Å². The van der Waals surface area contributed by atoms with Gasteiger partial charge in [0.05, 0.1) is 0 Å². The molecule has 2 atom stereocenters. The van der Waals surface area contributed by atoms with Crippen LogP contribution in [0.1, 0.15) is 33.1 Å². The van der Waals surface area contributed by atoms with Crippen LogP contribution in [0.25, 0.3) is 0 Å². The molecule has 2 aliphatic rings. The molecule has 62 valence electrons. The van der Waals surface area contributed by atoms with Crippen LogP contribution >= 0.6 is 0 Å². The van der Waals surface area contributed by atoms with Crippen LogP contribution in [0.15, 0.2) is 12.7 Å². The van der Waals surface area contributed by atoms with Gasteiger partial charge in [0, 0.05) is 0 Å². The van der Waals surface area contributed by atoms with E-state index >= 15 is 0 Å². The topological polar surface area (TPSA) is 0 Å². The molecule has 0 N–H and O–H groups in total. The molecule has 2 rings (SSSR count). The summed E-state index contributed by atoms with van der Waals surface area (Å²) < 4.78 is 0. The van der Waals surface area contributed by atoms with Gasteiger partial charge < -0.3 is 0 Å². The van der Waals surface area contributed by atoms with Crippen molar-refractivity contribution in [2.24, 2.45) is 23.2 Å². The Bertz CT molecular complexity index is 170. The second-order valence-corrected chi connectivity index (χ2v) is 4.40. The van der Waals surface area contributed by atoms with Crippen molar-refractivity contribution in [3.8, 4) is 0 Å². The molecule has 2 saturated carbocycles. The summed E-state index contributed by atoms with van der Waals surface area (Å²) in [5, 5.41) is 0. The highest BCUT2D eigenvalue weighted by atomic mass is 14.8. The number of hydrogen-bond donors (Lipinski definition) is 0. The first-order valence-corrected chi connectivity index (χ1v) is 4.86. The molecule has 0 bridgehead atoms. The lowest BCUT2D eigenvalue weighted by atomic mass is 9.94. The normalized spacial score (nSPS) is 51.6. The third-order valence-corrected chi connectivity index (χ3v) is 4.19. The molecule has 2 fully saturated rings. The summed E-state index contributed by atoms with van der Waals surface area (Å²) in [6.45, 7) is 8.58. The van der Waals surface area contributed by atoms with E-state index in [0.29, 0.717) is 0 Å². The predicted octanol–water partition coefficient (Wildman–Crippen LogP) is 3.24. The van der Waals surface area contributed by atoms with Crippen molar-refractivity contribution in [3.63, 3.8) is 0 Å². The molecule has 0 saturated heterocycles. The lowest BCUT2D eigenvalue weighted by Gasteiger charge is -2.11. The van der Waals surface area contributed by atoms with Crippen LogP contribution in [0.5, 0.6) is 0 Å². The van der Waals surface area contributed by atoms with Crippen molar-refractivity contribution in [1.29, 1.82) is 0 Å². The van der Waals surface area contributed by atoms with E-state index in [4.69, 9.17) is 0 Å². The second-order valence-electron chi connectivity index (χ2n) is 4.40. The van der Waals surface area contributed by atoms with E-state index < -0.39 is 0 Å². The maximum atomic E-state index is 3.75. The van der Waals surface area contributed by atoms with Crippen molar-refractivity contribution in [2.75, 3.05) is 0 Å². The largest absolute Gasteiger partial charge is 0.103 e. The Morgan fingerprint density at radius 3 is 2.36 bits per heavy atom. The Labute approximate surface area is 69.7 Å². The molecule has 0 aromatic rings. The average molecular weight is 150 g/mol. The van der Waals surface area contributed by atoms with Gasteiger partial charge >= 0.3 is 0 Å². The average Bonchev–Trinajstić information content (AvgIpc) is 2.79. The quantitative estimate of drug-likeness (QED) is 0.426. The summed E-state index contributed by atoms with van der Waals surface area (Å²) in [5.74, 6) is 3.23. The molecule has 0 aromatic carbocycles. The molecule has 0 nitrogen and oxygen atoms in total. The molecule has 0 heterocycles. The smallest absolute Gasteiger partial charge is 0.0206 e. The first kappa shape index (κ1) is 7.39.